The molecule has 0 amide bonds. The van der Waals surface area contributed by atoms with Gasteiger partial charge in [-0.25, -0.2) is 0 Å². The Balaban J connectivity index is 1.07. The van der Waals surface area contributed by atoms with Gasteiger partial charge >= 0.3 is 0 Å². The van der Waals surface area contributed by atoms with Crippen LogP contribution >= 0.6 is 11.8 Å². The summed E-state index contributed by atoms with van der Waals surface area (Å²) in [5, 5.41) is 0.564. The lowest BCUT2D eigenvalue weighted by Gasteiger charge is -2.66. The van der Waals surface area contributed by atoms with Gasteiger partial charge in [0.05, 0.1) is 6.04 Å². The maximum atomic E-state index is 3.34. The zero-order chi connectivity index (χ0) is 39.8. The molecule has 0 radical (unpaired) electrons. The molecule has 2 saturated heterocycles. The maximum absolute atomic E-state index is 3.34. The van der Waals surface area contributed by atoms with Crippen LogP contribution in [0.1, 0.15) is 157 Å². The van der Waals surface area contributed by atoms with E-state index in [4.69, 9.17) is 0 Å². The van der Waals surface area contributed by atoms with Gasteiger partial charge in [0.2, 0.25) is 0 Å². The zero-order valence-electron chi connectivity index (χ0n) is 37.5. The van der Waals surface area contributed by atoms with Crippen molar-refractivity contribution < 1.29 is 0 Å². The molecule has 11 unspecified atom stereocenters. The number of hydrogen-bond donors (Lipinski definition) is 0. The van der Waals surface area contributed by atoms with Gasteiger partial charge in [0, 0.05) is 56.4 Å². The molecular weight excluding hydrogens is 731 g/mol. The summed E-state index contributed by atoms with van der Waals surface area (Å²) in [7, 11) is 0. The second-order valence-corrected chi connectivity index (χ2v) is 25.1. The fourth-order valence-corrected chi connectivity index (χ4v) is 19.0. The number of hydrogen-bond acceptors (Lipinski definition) is 3. The Bertz CT molecular complexity index is 1970. The van der Waals surface area contributed by atoms with E-state index in [0.717, 1.165) is 29.6 Å². The Kier molecular flexibility index (Phi) is 9.31. The van der Waals surface area contributed by atoms with Gasteiger partial charge in [-0.1, -0.05) is 125 Å². The summed E-state index contributed by atoms with van der Waals surface area (Å²) in [5.74, 6) is 5.74. The minimum Gasteiger partial charge on any atom is -0.367 e. The smallest absolute Gasteiger partial charge is 0.190 e. The van der Waals surface area contributed by atoms with Crippen molar-refractivity contribution in [3.05, 3.63) is 93.7 Å². The van der Waals surface area contributed by atoms with Crippen LogP contribution in [0.3, 0.4) is 0 Å². The molecule has 2 nitrogen and oxygen atoms in total. The summed E-state index contributed by atoms with van der Waals surface area (Å²) in [6.07, 6.45) is 52.4. The molecule has 3 saturated carbocycles. The molecule has 1 spiro atoms. The van der Waals surface area contributed by atoms with E-state index < -0.39 is 0 Å². The first kappa shape index (κ1) is 38.6. The first-order valence-corrected chi connectivity index (χ1v) is 26.3. The molecule has 12 rings (SSSR count). The van der Waals surface area contributed by atoms with E-state index in [-0.39, 0.29) is 5.54 Å². The third-order valence-corrected chi connectivity index (χ3v) is 21.7. The Labute approximate surface area is 363 Å². The Morgan fingerprint density at radius 2 is 1.61 bits per heavy atom. The van der Waals surface area contributed by atoms with Crippen molar-refractivity contribution in [3.8, 4) is 0 Å². The van der Waals surface area contributed by atoms with E-state index in [9.17, 15) is 0 Å². The monoisotopic (exact) mass is 807 g/mol. The summed E-state index contributed by atoms with van der Waals surface area (Å²) >= 11 is 2.25. The van der Waals surface area contributed by atoms with E-state index in [1.54, 1.807) is 16.2 Å². The summed E-state index contributed by atoms with van der Waals surface area (Å²) < 4.78 is 0. The third kappa shape index (κ3) is 5.70. The van der Waals surface area contributed by atoms with E-state index in [1.807, 2.05) is 16.7 Å². The van der Waals surface area contributed by atoms with Crippen LogP contribution in [0, 0.1) is 46.3 Å². The van der Waals surface area contributed by atoms with Crippen LogP contribution < -0.4 is 0 Å². The SMILES string of the molecule is CC(C)(C)C1CC2=C3C(C1)C1(CCCCC1)C(C)(C)N3C1CC(C3C=CCCC3)CC3C1B2C1CC(C2CCCCC2)=CC=C1N3C1CC=CC2=C1SC1C=CC=CC21. The molecule has 0 bridgehead atoms. The van der Waals surface area contributed by atoms with Crippen molar-refractivity contribution in [1.29, 1.82) is 0 Å². The van der Waals surface area contributed by atoms with Gasteiger partial charge in [0.15, 0.2) is 6.71 Å². The van der Waals surface area contributed by atoms with Crippen molar-refractivity contribution in [3.63, 3.8) is 0 Å². The highest BCUT2D eigenvalue weighted by Gasteiger charge is 2.71. The van der Waals surface area contributed by atoms with Gasteiger partial charge in [-0.15, -0.1) is 11.8 Å². The van der Waals surface area contributed by atoms with Crippen LogP contribution in [0.2, 0.25) is 11.6 Å². The summed E-state index contributed by atoms with van der Waals surface area (Å²) in [6, 6.07) is 1.74. The molecule has 59 heavy (non-hydrogen) atoms. The highest BCUT2D eigenvalue weighted by Crippen LogP contribution is 2.72. The molecule has 0 aromatic carbocycles. The molecule has 11 atom stereocenters. The van der Waals surface area contributed by atoms with Crippen molar-refractivity contribution >= 4 is 18.5 Å². The van der Waals surface area contributed by atoms with Crippen LogP contribution in [-0.2, 0) is 0 Å². The van der Waals surface area contributed by atoms with Crippen LogP contribution in [0.15, 0.2) is 93.7 Å². The van der Waals surface area contributed by atoms with Crippen LogP contribution in [0.5, 0.6) is 0 Å². The van der Waals surface area contributed by atoms with Crippen LogP contribution in [-0.4, -0.2) is 45.4 Å². The number of rotatable bonds is 3. The predicted octanol–water partition coefficient (Wildman–Crippen LogP) is 14.2. The predicted molar refractivity (Wildman–Crippen MR) is 251 cm³/mol. The van der Waals surface area contributed by atoms with Gasteiger partial charge in [-0.3, -0.25) is 0 Å². The van der Waals surface area contributed by atoms with Crippen molar-refractivity contribution in [2.45, 2.75) is 197 Å². The van der Waals surface area contributed by atoms with Crippen molar-refractivity contribution in [1.82, 2.24) is 9.80 Å². The Hall–Kier alpha value is -2.07. The topological polar surface area (TPSA) is 6.48 Å². The molecule has 4 aliphatic heterocycles. The van der Waals surface area contributed by atoms with Gasteiger partial charge in [0.1, 0.15) is 0 Å². The normalized spacial score (nSPS) is 41.7. The number of allylic oxidation sites excluding steroid dienone is 13. The number of fused-ring (bicyclic) bond motifs is 7. The Morgan fingerprint density at radius 3 is 2.41 bits per heavy atom. The second kappa shape index (κ2) is 14.2. The number of nitrogens with zero attached hydrogens (tertiary/aromatic N) is 2. The molecule has 0 aromatic rings. The molecule has 0 N–H and O–H groups in total. The van der Waals surface area contributed by atoms with E-state index in [0.29, 0.717) is 58.5 Å². The molecule has 12 aliphatic rings. The lowest BCUT2D eigenvalue weighted by atomic mass is 9.21. The molecule has 4 heterocycles. The third-order valence-electron chi connectivity index (χ3n) is 20.2. The second-order valence-electron chi connectivity index (χ2n) is 23.8. The maximum Gasteiger partial charge on any atom is 0.190 e. The zero-order valence-corrected chi connectivity index (χ0v) is 38.3. The Morgan fingerprint density at radius 1 is 0.814 bits per heavy atom. The standard InChI is InChI=1S/C55H75BN2S/c1-53(2,3)39-33-42-51-44(34-39)56-43-30-37(35-18-9-6-10-19-35)26-27-45(43)57(46-24-17-23-41-40-22-13-14-25-49(40)59-52(41)46)47-31-38(36-20-11-7-12-21-36)32-48(50(47)56)58(51)54(4,5)55(42)28-15-8-16-29-55/h11,13-14,17,20,22-23,25-27,35-36,38-40,42-43,46-50H,6-10,12,15-16,18-19,21,24,28-34H2,1-5H3. The first-order valence-electron chi connectivity index (χ1n) is 25.4. The van der Waals surface area contributed by atoms with Gasteiger partial charge in [-0.05, 0) is 150 Å². The van der Waals surface area contributed by atoms with Gasteiger partial charge < -0.3 is 9.80 Å². The average Bonchev–Trinajstić information content (AvgIpc) is 3.73. The van der Waals surface area contributed by atoms with Crippen LogP contribution in [0.4, 0.5) is 0 Å². The minimum atomic E-state index is 0.204. The summed E-state index contributed by atoms with van der Waals surface area (Å²) in [4.78, 5) is 8.34. The summed E-state index contributed by atoms with van der Waals surface area (Å²) in [5.41, 5.74) is 10.2. The van der Waals surface area contributed by atoms with E-state index >= 15 is 0 Å². The van der Waals surface area contributed by atoms with Crippen LogP contribution in [0.25, 0.3) is 0 Å². The number of thioether (sulfide) groups is 1. The van der Waals surface area contributed by atoms with Crippen molar-refractivity contribution in [2.24, 2.45) is 46.3 Å². The first-order chi connectivity index (χ1) is 28.6. The quantitative estimate of drug-likeness (QED) is 0.207. The molecule has 0 aromatic heterocycles. The lowest BCUT2D eigenvalue weighted by molar-refractivity contribution is -0.0304. The van der Waals surface area contributed by atoms with E-state index in [1.165, 1.54) is 122 Å². The fourth-order valence-electron chi connectivity index (χ4n) is 17.4. The van der Waals surface area contributed by atoms with E-state index in [2.05, 4.69) is 117 Å². The molecule has 5 fully saturated rings. The van der Waals surface area contributed by atoms with Gasteiger partial charge in [0.25, 0.3) is 0 Å². The largest absolute Gasteiger partial charge is 0.367 e. The molecule has 4 heteroatoms. The average molecular weight is 807 g/mol. The minimum absolute atomic E-state index is 0.204. The van der Waals surface area contributed by atoms with Gasteiger partial charge in [-0.2, -0.15) is 0 Å². The molecular formula is C55H75BN2S. The lowest BCUT2D eigenvalue weighted by Crippen LogP contribution is -2.68. The fraction of sp³-hybridized carbons (Fsp3) is 0.709. The summed E-state index contributed by atoms with van der Waals surface area (Å²) in [6.45, 7) is 14.2. The highest BCUT2D eigenvalue weighted by atomic mass is 32.2. The van der Waals surface area contributed by atoms with Crippen molar-refractivity contribution in [2.75, 3.05) is 0 Å². The molecule has 8 aliphatic carbocycles. The highest BCUT2D eigenvalue weighted by molar-refractivity contribution is 8.04. The molecule has 314 valence electrons.